The van der Waals surface area contributed by atoms with Crippen molar-refractivity contribution in [1.82, 2.24) is 5.32 Å². The van der Waals surface area contributed by atoms with Gasteiger partial charge < -0.3 is 5.32 Å². The molecular weight excluding hydrogens is 182 g/mol. The number of nitrogens with one attached hydrogen (secondary N) is 1. The fourth-order valence-electron chi connectivity index (χ4n) is 2.70. The van der Waals surface area contributed by atoms with Gasteiger partial charge in [-0.3, -0.25) is 0 Å². The van der Waals surface area contributed by atoms with Crippen LogP contribution in [0.1, 0.15) is 36.8 Å². The topological polar surface area (TPSA) is 12.0 Å². The fraction of sp³-hybridized carbons (Fsp3) is 0.571. The molecule has 2 rings (SSSR count). The first-order valence-corrected chi connectivity index (χ1v) is 6.05. The summed E-state index contributed by atoms with van der Waals surface area (Å²) in [5.74, 6) is 1.58. The van der Waals surface area contributed by atoms with E-state index in [0.29, 0.717) is 5.92 Å². The zero-order valence-corrected chi connectivity index (χ0v) is 9.79. The molecule has 0 amide bonds. The molecule has 1 unspecified atom stereocenters. The average Bonchev–Trinajstić information content (AvgIpc) is 2.30. The quantitative estimate of drug-likeness (QED) is 0.779. The van der Waals surface area contributed by atoms with Crippen molar-refractivity contribution in [1.29, 1.82) is 0 Å². The van der Waals surface area contributed by atoms with E-state index >= 15 is 0 Å². The summed E-state index contributed by atoms with van der Waals surface area (Å²) in [5.41, 5.74) is 2.99. The summed E-state index contributed by atoms with van der Waals surface area (Å²) in [7, 11) is 0. The van der Waals surface area contributed by atoms with E-state index in [4.69, 9.17) is 0 Å². The van der Waals surface area contributed by atoms with Crippen LogP contribution in [0.2, 0.25) is 0 Å². The van der Waals surface area contributed by atoms with E-state index in [1.54, 1.807) is 5.56 Å². The molecule has 0 spiro atoms. The molecule has 1 heteroatoms. The van der Waals surface area contributed by atoms with Gasteiger partial charge in [-0.25, -0.2) is 0 Å². The molecule has 0 radical (unpaired) electrons. The van der Waals surface area contributed by atoms with Gasteiger partial charge in [0.15, 0.2) is 0 Å². The Morgan fingerprint density at radius 3 is 2.53 bits per heavy atom. The van der Waals surface area contributed by atoms with Crippen LogP contribution >= 0.6 is 0 Å². The van der Waals surface area contributed by atoms with Gasteiger partial charge >= 0.3 is 0 Å². The van der Waals surface area contributed by atoms with Crippen molar-refractivity contribution in [2.45, 2.75) is 32.6 Å². The second-order valence-corrected chi connectivity index (χ2v) is 4.73. The van der Waals surface area contributed by atoms with Crippen LogP contribution in [0.3, 0.4) is 0 Å². The summed E-state index contributed by atoms with van der Waals surface area (Å²) in [6.45, 7) is 7.01. The fourth-order valence-corrected chi connectivity index (χ4v) is 2.70. The number of hydrogen-bond donors (Lipinski definition) is 1. The molecule has 1 aliphatic heterocycles. The predicted octanol–water partition coefficient (Wildman–Crippen LogP) is 3.10. The zero-order valence-electron chi connectivity index (χ0n) is 9.79. The molecule has 1 saturated heterocycles. The van der Waals surface area contributed by atoms with Crippen LogP contribution in [0.25, 0.3) is 0 Å². The molecule has 1 nitrogen and oxygen atoms in total. The number of benzene rings is 1. The Balaban J connectivity index is 2.12. The molecule has 1 atom stereocenters. The van der Waals surface area contributed by atoms with Gasteiger partial charge in [-0.15, -0.1) is 0 Å². The SMILES string of the molecule is Cc1ccccc1C(C)C1CCNCC1. The van der Waals surface area contributed by atoms with Gasteiger partial charge in [-0.1, -0.05) is 31.2 Å². The summed E-state index contributed by atoms with van der Waals surface area (Å²) >= 11 is 0. The molecule has 1 aromatic rings. The van der Waals surface area contributed by atoms with E-state index < -0.39 is 0 Å². The monoisotopic (exact) mass is 203 g/mol. The Bertz CT molecular complexity index is 313. The first kappa shape index (κ1) is 10.7. The Hall–Kier alpha value is -0.820. The molecule has 15 heavy (non-hydrogen) atoms. The highest BCUT2D eigenvalue weighted by Crippen LogP contribution is 2.31. The Morgan fingerprint density at radius 2 is 1.87 bits per heavy atom. The lowest BCUT2D eigenvalue weighted by Crippen LogP contribution is -2.30. The van der Waals surface area contributed by atoms with E-state index in [-0.39, 0.29) is 0 Å². The second-order valence-electron chi connectivity index (χ2n) is 4.73. The van der Waals surface area contributed by atoms with E-state index in [9.17, 15) is 0 Å². The van der Waals surface area contributed by atoms with Crippen molar-refractivity contribution >= 4 is 0 Å². The molecule has 0 bridgehead atoms. The van der Waals surface area contributed by atoms with E-state index in [1.165, 1.54) is 31.5 Å². The summed E-state index contributed by atoms with van der Waals surface area (Å²) < 4.78 is 0. The molecule has 0 aromatic heterocycles. The molecule has 1 fully saturated rings. The molecule has 1 aliphatic rings. The highest BCUT2D eigenvalue weighted by atomic mass is 14.9. The summed E-state index contributed by atoms with van der Waals surface area (Å²) in [5, 5.41) is 3.44. The predicted molar refractivity (Wildman–Crippen MR) is 65.2 cm³/mol. The number of rotatable bonds is 2. The third kappa shape index (κ3) is 2.40. The van der Waals surface area contributed by atoms with Crippen LogP contribution in [0, 0.1) is 12.8 Å². The van der Waals surface area contributed by atoms with E-state index in [2.05, 4.69) is 43.4 Å². The van der Waals surface area contributed by atoms with Crippen molar-refractivity contribution < 1.29 is 0 Å². The van der Waals surface area contributed by atoms with Gasteiger partial charge in [0.25, 0.3) is 0 Å². The first-order valence-electron chi connectivity index (χ1n) is 6.05. The first-order chi connectivity index (χ1) is 7.29. The van der Waals surface area contributed by atoms with Crippen molar-refractivity contribution in [2.75, 3.05) is 13.1 Å². The number of hydrogen-bond acceptors (Lipinski definition) is 1. The second kappa shape index (κ2) is 4.80. The number of aryl methyl sites for hydroxylation is 1. The van der Waals surface area contributed by atoms with E-state index in [0.717, 1.165) is 5.92 Å². The van der Waals surface area contributed by atoms with Crippen molar-refractivity contribution in [2.24, 2.45) is 5.92 Å². The lowest BCUT2D eigenvalue weighted by molar-refractivity contribution is 0.330. The average molecular weight is 203 g/mol. The lowest BCUT2D eigenvalue weighted by atomic mass is 9.80. The van der Waals surface area contributed by atoms with Crippen molar-refractivity contribution in [3.63, 3.8) is 0 Å². The lowest BCUT2D eigenvalue weighted by Gasteiger charge is -2.29. The van der Waals surface area contributed by atoms with Gasteiger partial charge in [-0.2, -0.15) is 0 Å². The van der Waals surface area contributed by atoms with Crippen molar-refractivity contribution in [3.8, 4) is 0 Å². The summed E-state index contributed by atoms with van der Waals surface area (Å²) in [6, 6.07) is 8.82. The van der Waals surface area contributed by atoms with Crippen LogP contribution in [0.4, 0.5) is 0 Å². The Kier molecular flexibility index (Phi) is 3.42. The minimum Gasteiger partial charge on any atom is -0.317 e. The normalized spacial score (nSPS) is 20.1. The van der Waals surface area contributed by atoms with Crippen LogP contribution in [-0.2, 0) is 0 Å². The molecule has 82 valence electrons. The number of piperidine rings is 1. The van der Waals surface area contributed by atoms with Crippen LogP contribution < -0.4 is 5.32 Å². The molecule has 0 saturated carbocycles. The van der Waals surface area contributed by atoms with Gasteiger partial charge in [0, 0.05) is 0 Å². The third-order valence-corrected chi connectivity index (χ3v) is 3.77. The van der Waals surface area contributed by atoms with E-state index in [1.807, 2.05) is 0 Å². The molecule has 0 aliphatic carbocycles. The minimum atomic E-state index is 0.716. The molecule has 1 aromatic carbocycles. The maximum absolute atomic E-state index is 3.44. The Labute approximate surface area is 92.9 Å². The highest BCUT2D eigenvalue weighted by molar-refractivity contribution is 5.29. The summed E-state index contributed by atoms with van der Waals surface area (Å²) in [4.78, 5) is 0. The smallest absolute Gasteiger partial charge is 0.00461 e. The maximum Gasteiger partial charge on any atom is -0.00461 e. The summed E-state index contributed by atoms with van der Waals surface area (Å²) in [6.07, 6.45) is 2.66. The minimum absolute atomic E-state index is 0.716. The molecular formula is C14H21N. The molecule has 1 heterocycles. The standard InChI is InChI=1S/C14H21N/c1-11-5-3-4-6-14(11)12(2)13-7-9-15-10-8-13/h3-6,12-13,15H,7-10H2,1-2H3. The largest absolute Gasteiger partial charge is 0.317 e. The van der Waals surface area contributed by atoms with Gasteiger partial charge in [0.1, 0.15) is 0 Å². The van der Waals surface area contributed by atoms with Crippen LogP contribution in [0.15, 0.2) is 24.3 Å². The molecule has 1 N–H and O–H groups in total. The van der Waals surface area contributed by atoms with Crippen molar-refractivity contribution in [3.05, 3.63) is 35.4 Å². The zero-order chi connectivity index (χ0) is 10.7. The maximum atomic E-state index is 3.44. The van der Waals surface area contributed by atoms with Gasteiger partial charge in [0.2, 0.25) is 0 Å². The Morgan fingerprint density at radius 1 is 1.20 bits per heavy atom. The highest BCUT2D eigenvalue weighted by Gasteiger charge is 2.21. The van der Waals surface area contributed by atoms with Crippen LogP contribution in [0.5, 0.6) is 0 Å². The van der Waals surface area contributed by atoms with Gasteiger partial charge in [0.05, 0.1) is 0 Å². The third-order valence-electron chi connectivity index (χ3n) is 3.77. The van der Waals surface area contributed by atoms with Gasteiger partial charge in [-0.05, 0) is 55.8 Å². The van der Waals surface area contributed by atoms with Crippen LogP contribution in [-0.4, -0.2) is 13.1 Å².